The van der Waals surface area contributed by atoms with E-state index in [1.54, 1.807) is 38.5 Å². The third-order valence-corrected chi connectivity index (χ3v) is 14.7. The fraction of sp³-hybridized carbons (Fsp3) is 0.257. The standard InChI is InChI=1S/C23H25N3O.C17H17N3O.C15H17N3.C9H7NO.C6H10O/c1-27-20-14-12-17(13-15-20)16-26-23(24)21(18-8-4-2-5-9-18)22(25-26)19-10-6-3-7-11-19;1-21-15-9-7-13(8-10-15)12-20-17(18)11-16(19-20)14-5-3-2-4-6-14;16-15-13(11-7-3-1-4-8-11)14(17-18-15)12-9-5-2-6-10-12;10-7-6-9(11)8-4-2-1-3-5-8;7-6-4-2-1-3-5-6/h3,6-8,10-15H,2,4-5,9,16,24H2,1H3;2-11H,12,18H2,1H3;2,5-7,9-10H,1,3-4,8H2,(H3,16,17,18);1-5H,6H2;1-5H2. The Balaban J connectivity index is 0.000000145. The molecule has 3 aliphatic rings. The first kappa shape index (κ1) is 60.4. The van der Waals surface area contributed by atoms with Crippen LogP contribution in [0.2, 0.25) is 0 Å². The SMILES string of the molecule is COc1ccc(Cn2nc(-c3ccccc3)c(C3=CCCCC3)c2N)cc1.COc1ccc(Cn2nc(-c3ccccc3)cc2N)cc1.N#CCC(=O)c1ccccc1.Nc1n[nH]c(-c2ccccc2)c1C1=CCCCC1.O=C1CCCCC1. The summed E-state index contributed by atoms with van der Waals surface area (Å²) >= 11 is 0. The lowest BCUT2D eigenvalue weighted by Gasteiger charge is -2.14. The number of aromatic amines is 1. The third kappa shape index (κ3) is 17.2. The number of nitriles is 1. The number of allylic oxidation sites excluding steroid dienone is 4. The normalized spacial score (nSPS) is 13.5. The van der Waals surface area contributed by atoms with E-state index < -0.39 is 0 Å². The number of nitrogens with zero attached hydrogens (tertiary/aromatic N) is 6. The maximum absolute atomic E-state index is 11.0. The summed E-state index contributed by atoms with van der Waals surface area (Å²) in [6.07, 6.45) is 19.3. The second-order valence-electron chi connectivity index (χ2n) is 20.7. The molecule has 6 aromatic carbocycles. The van der Waals surface area contributed by atoms with Crippen LogP contribution in [0, 0.1) is 11.3 Å². The minimum absolute atomic E-state index is 0.0377. The molecule has 0 bridgehead atoms. The number of carbonyl (C=O) groups excluding carboxylic acids is 2. The Labute approximate surface area is 493 Å². The number of hydrogen-bond donors (Lipinski definition) is 4. The second-order valence-corrected chi connectivity index (χ2v) is 20.7. The third-order valence-electron chi connectivity index (χ3n) is 14.7. The Bertz CT molecular complexity index is 3590. The Kier molecular flexibility index (Phi) is 22.6. The molecule has 0 aliphatic heterocycles. The molecule has 12 rings (SSSR count). The average Bonchev–Trinajstić information content (AvgIpc) is 4.27. The van der Waals surface area contributed by atoms with E-state index >= 15 is 0 Å². The quantitative estimate of drug-likeness (QED) is 0.0796. The molecule has 0 amide bonds. The molecule has 3 aromatic heterocycles. The first-order chi connectivity index (χ1) is 41.1. The first-order valence-corrected chi connectivity index (χ1v) is 28.9. The van der Waals surface area contributed by atoms with Crippen LogP contribution in [-0.4, -0.2) is 55.5 Å². The van der Waals surface area contributed by atoms with E-state index in [1.165, 1.54) is 43.3 Å². The molecule has 0 unspecified atom stereocenters. The largest absolute Gasteiger partial charge is 0.497 e. The van der Waals surface area contributed by atoms with E-state index in [0.717, 1.165) is 125 Å². The number of methoxy groups -OCH3 is 2. The van der Waals surface area contributed by atoms with Gasteiger partial charge >= 0.3 is 0 Å². The van der Waals surface area contributed by atoms with Crippen LogP contribution < -0.4 is 26.7 Å². The fourth-order valence-electron chi connectivity index (χ4n) is 10.2. The van der Waals surface area contributed by atoms with Crippen molar-refractivity contribution in [3.05, 3.63) is 216 Å². The molecular formula is C70H76N10O4. The van der Waals surface area contributed by atoms with Gasteiger partial charge in [-0.3, -0.25) is 14.7 Å². The van der Waals surface area contributed by atoms with Crippen LogP contribution in [0.25, 0.3) is 44.9 Å². The van der Waals surface area contributed by atoms with Gasteiger partial charge in [0.05, 0.1) is 51.2 Å². The molecule has 0 spiro atoms. The lowest BCUT2D eigenvalue weighted by Crippen LogP contribution is -2.07. The van der Waals surface area contributed by atoms with Gasteiger partial charge in [0.15, 0.2) is 11.6 Å². The van der Waals surface area contributed by atoms with Gasteiger partial charge < -0.3 is 26.7 Å². The molecule has 430 valence electrons. The van der Waals surface area contributed by atoms with Crippen molar-refractivity contribution in [1.29, 1.82) is 5.26 Å². The van der Waals surface area contributed by atoms with Gasteiger partial charge in [-0.2, -0.15) is 20.6 Å². The van der Waals surface area contributed by atoms with Crippen molar-refractivity contribution < 1.29 is 19.1 Å². The Hall–Kier alpha value is -9.74. The summed E-state index contributed by atoms with van der Waals surface area (Å²) in [5.74, 6) is 4.06. The summed E-state index contributed by atoms with van der Waals surface area (Å²) in [6, 6.07) is 59.1. The Morgan fingerprint density at radius 1 is 0.571 bits per heavy atom. The smallest absolute Gasteiger partial charge is 0.176 e. The number of hydrogen-bond acceptors (Lipinski definition) is 11. The van der Waals surface area contributed by atoms with Crippen molar-refractivity contribution in [1.82, 2.24) is 29.8 Å². The van der Waals surface area contributed by atoms with Crippen LogP contribution in [0.15, 0.2) is 188 Å². The average molecular weight is 1120 g/mol. The van der Waals surface area contributed by atoms with Crippen molar-refractivity contribution in [2.45, 2.75) is 103 Å². The van der Waals surface area contributed by atoms with Crippen LogP contribution in [0.5, 0.6) is 11.5 Å². The highest BCUT2D eigenvalue weighted by Crippen LogP contribution is 2.39. The molecule has 3 aliphatic carbocycles. The topological polar surface area (TPSA) is 219 Å². The molecule has 0 atom stereocenters. The number of nitrogens with one attached hydrogen (secondary N) is 1. The maximum atomic E-state index is 11.0. The van der Waals surface area contributed by atoms with Gasteiger partial charge in [-0.05, 0) is 111 Å². The van der Waals surface area contributed by atoms with Crippen LogP contribution >= 0.6 is 0 Å². The number of H-pyrrole nitrogens is 1. The molecule has 3 heterocycles. The van der Waals surface area contributed by atoms with Gasteiger partial charge in [0.1, 0.15) is 34.6 Å². The zero-order valence-electron chi connectivity index (χ0n) is 48.3. The molecule has 1 saturated carbocycles. The molecule has 14 nitrogen and oxygen atoms in total. The molecule has 0 saturated heterocycles. The van der Waals surface area contributed by atoms with Crippen LogP contribution in [-0.2, 0) is 17.9 Å². The molecule has 7 N–H and O–H groups in total. The molecule has 0 radical (unpaired) electrons. The van der Waals surface area contributed by atoms with E-state index in [4.69, 9.17) is 37.0 Å². The van der Waals surface area contributed by atoms with E-state index in [-0.39, 0.29) is 12.2 Å². The second kappa shape index (κ2) is 31.5. The number of ether oxygens (including phenoxy) is 2. The first-order valence-electron chi connectivity index (χ1n) is 28.9. The number of Topliss-reactive ketones (excluding diaryl/α,β-unsaturated/α-hetero) is 2. The van der Waals surface area contributed by atoms with Crippen molar-refractivity contribution in [3.8, 4) is 51.3 Å². The summed E-state index contributed by atoms with van der Waals surface area (Å²) in [5, 5.41) is 25.0. The van der Waals surface area contributed by atoms with E-state index in [0.29, 0.717) is 36.1 Å². The number of rotatable bonds is 13. The Morgan fingerprint density at radius 2 is 1.06 bits per heavy atom. The summed E-state index contributed by atoms with van der Waals surface area (Å²) < 4.78 is 14.1. The predicted molar refractivity (Wildman–Crippen MR) is 339 cm³/mol. The monoisotopic (exact) mass is 1120 g/mol. The maximum Gasteiger partial charge on any atom is 0.176 e. The van der Waals surface area contributed by atoms with Crippen molar-refractivity contribution >= 4 is 40.2 Å². The number of nitrogen functional groups attached to an aromatic ring is 3. The van der Waals surface area contributed by atoms with Gasteiger partial charge in [-0.1, -0.05) is 164 Å². The minimum Gasteiger partial charge on any atom is -0.497 e. The number of carbonyl (C=O) groups is 2. The summed E-state index contributed by atoms with van der Waals surface area (Å²) in [7, 11) is 3.34. The van der Waals surface area contributed by atoms with Crippen LogP contribution in [0.3, 0.4) is 0 Å². The van der Waals surface area contributed by atoms with Crippen LogP contribution in [0.4, 0.5) is 17.5 Å². The van der Waals surface area contributed by atoms with E-state index in [9.17, 15) is 9.59 Å². The van der Waals surface area contributed by atoms with Gasteiger partial charge in [-0.15, -0.1) is 0 Å². The molecular weight excluding hydrogens is 1040 g/mol. The zero-order valence-corrected chi connectivity index (χ0v) is 48.3. The van der Waals surface area contributed by atoms with Crippen molar-refractivity contribution in [2.75, 3.05) is 31.4 Å². The Morgan fingerprint density at radius 3 is 1.55 bits per heavy atom. The fourth-order valence-corrected chi connectivity index (χ4v) is 10.2. The van der Waals surface area contributed by atoms with Crippen molar-refractivity contribution in [3.63, 3.8) is 0 Å². The van der Waals surface area contributed by atoms with Gasteiger partial charge in [0.25, 0.3) is 0 Å². The lowest BCUT2D eigenvalue weighted by molar-refractivity contribution is -0.120. The predicted octanol–water partition coefficient (Wildman–Crippen LogP) is 15.3. The number of benzene rings is 6. The van der Waals surface area contributed by atoms with E-state index in [1.807, 2.05) is 131 Å². The van der Waals surface area contributed by atoms with Gasteiger partial charge in [-0.25, -0.2) is 9.36 Å². The number of anilines is 3. The summed E-state index contributed by atoms with van der Waals surface area (Å²) in [4.78, 5) is 21.5. The summed E-state index contributed by atoms with van der Waals surface area (Å²) in [5.41, 5.74) is 32.7. The molecule has 84 heavy (non-hydrogen) atoms. The van der Waals surface area contributed by atoms with E-state index in [2.05, 4.69) is 63.8 Å². The van der Waals surface area contributed by atoms with Gasteiger partial charge in [0, 0.05) is 52.3 Å². The molecule has 9 aromatic rings. The molecule has 1 fully saturated rings. The zero-order chi connectivity index (χ0) is 58.9. The lowest BCUT2D eigenvalue weighted by atomic mass is 9.92. The molecule has 14 heteroatoms. The highest BCUT2D eigenvalue weighted by molar-refractivity contribution is 5.97. The number of nitrogens with two attached hydrogens (primary N) is 3. The van der Waals surface area contributed by atoms with Crippen molar-refractivity contribution in [2.24, 2.45) is 0 Å². The number of ketones is 2. The highest BCUT2D eigenvalue weighted by Gasteiger charge is 2.22. The van der Waals surface area contributed by atoms with Gasteiger partial charge in [0.2, 0.25) is 0 Å². The van der Waals surface area contributed by atoms with Crippen LogP contribution in [0.1, 0.15) is 123 Å². The minimum atomic E-state index is -0.117. The summed E-state index contributed by atoms with van der Waals surface area (Å²) in [6.45, 7) is 1.28. The highest BCUT2D eigenvalue weighted by atomic mass is 16.5. The number of aromatic nitrogens is 6.